The lowest BCUT2D eigenvalue weighted by Gasteiger charge is -2.16. The Labute approximate surface area is 183 Å². The van der Waals surface area contributed by atoms with Crippen LogP contribution in [0.1, 0.15) is 68.8 Å². The van der Waals surface area contributed by atoms with Gasteiger partial charge >= 0.3 is 0 Å². The van der Waals surface area contributed by atoms with Crippen LogP contribution in [-0.4, -0.2) is 23.8 Å². The Morgan fingerprint density at radius 3 is 2.13 bits per heavy atom. The van der Waals surface area contributed by atoms with Gasteiger partial charge in [0.05, 0.1) is 0 Å². The lowest BCUT2D eigenvalue weighted by atomic mass is 10.0. The molecule has 0 radical (unpaired) electrons. The van der Waals surface area contributed by atoms with Gasteiger partial charge in [0.1, 0.15) is 5.75 Å². The third kappa shape index (κ3) is 7.77. The summed E-state index contributed by atoms with van der Waals surface area (Å²) in [5, 5.41) is 2.78. The zero-order chi connectivity index (χ0) is 22.8. The molecule has 3 amide bonds. The van der Waals surface area contributed by atoms with Crippen molar-refractivity contribution in [2.45, 2.75) is 59.0 Å². The van der Waals surface area contributed by atoms with E-state index in [1.807, 2.05) is 31.2 Å². The summed E-state index contributed by atoms with van der Waals surface area (Å²) in [5.41, 5.74) is 6.89. The first-order valence-electron chi connectivity index (χ1n) is 10.6. The van der Waals surface area contributed by atoms with Crippen LogP contribution in [0.2, 0.25) is 0 Å². The van der Waals surface area contributed by atoms with E-state index < -0.39 is 17.9 Å². The monoisotopic (exact) mass is 425 g/mol. The maximum absolute atomic E-state index is 12.3. The third-order valence-electron chi connectivity index (χ3n) is 4.72. The molecule has 0 heterocycles. The fourth-order valence-corrected chi connectivity index (χ4v) is 2.75. The van der Waals surface area contributed by atoms with Crippen LogP contribution in [-0.2, 0) is 9.59 Å². The first-order chi connectivity index (χ1) is 14.8. The van der Waals surface area contributed by atoms with E-state index in [0.29, 0.717) is 29.3 Å². The van der Waals surface area contributed by atoms with Crippen LogP contribution in [0.4, 0.5) is 5.69 Å². The van der Waals surface area contributed by atoms with Crippen LogP contribution in [0.15, 0.2) is 48.5 Å². The molecular formula is C24H31N3O4. The SMILES string of the molecule is CCCCC(=O)Nc1ccc(C(=O)NNC(=O)[C@H](C)Oc2ccc(C(C)C)cc2)cc1. The van der Waals surface area contributed by atoms with Gasteiger partial charge in [0.25, 0.3) is 11.8 Å². The lowest BCUT2D eigenvalue weighted by molar-refractivity contribution is -0.128. The summed E-state index contributed by atoms with van der Waals surface area (Å²) in [6.45, 7) is 7.84. The second-order valence-electron chi connectivity index (χ2n) is 7.66. The van der Waals surface area contributed by atoms with Crippen LogP contribution >= 0.6 is 0 Å². The largest absolute Gasteiger partial charge is 0.481 e. The topological polar surface area (TPSA) is 96.5 Å². The summed E-state index contributed by atoms with van der Waals surface area (Å²) in [6, 6.07) is 14.0. The van der Waals surface area contributed by atoms with Gasteiger partial charge in [0.15, 0.2) is 6.10 Å². The van der Waals surface area contributed by atoms with Gasteiger partial charge in [-0.1, -0.05) is 39.3 Å². The Morgan fingerprint density at radius 1 is 0.903 bits per heavy atom. The standard InChI is InChI=1S/C24H31N3O4/c1-5-6-7-22(28)25-20-12-8-19(9-13-20)24(30)27-26-23(29)17(4)31-21-14-10-18(11-15-21)16(2)3/h8-17H,5-7H2,1-4H3,(H,25,28)(H,26,29)(H,27,30)/t17-/m0/s1. The molecule has 2 rings (SSSR count). The predicted molar refractivity (Wildman–Crippen MR) is 121 cm³/mol. The minimum Gasteiger partial charge on any atom is -0.481 e. The maximum atomic E-state index is 12.3. The molecule has 7 heteroatoms. The molecule has 0 aliphatic heterocycles. The van der Waals surface area contributed by atoms with Gasteiger partial charge in [-0.15, -0.1) is 0 Å². The number of hydrogen-bond acceptors (Lipinski definition) is 4. The molecule has 0 saturated heterocycles. The summed E-state index contributed by atoms with van der Waals surface area (Å²) in [6.07, 6.45) is 1.46. The minimum absolute atomic E-state index is 0.0563. The summed E-state index contributed by atoms with van der Waals surface area (Å²) in [5.74, 6) is -0.00253. The Hall–Kier alpha value is -3.35. The van der Waals surface area contributed by atoms with Gasteiger partial charge in [-0.3, -0.25) is 25.2 Å². The van der Waals surface area contributed by atoms with E-state index in [1.54, 1.807) is 31.2 Å². The number of amides is 3. The molecule has 7 nitrogen and oxygen atoms in total. The smallest absolute Gasteiger partial charge is 0.279 e. The van der Waals surface area contributed by atoms with Crippen LogP contribution in [0.25, 0.3) is 0 Å². The summed E-state index contributed by atoms with van der Waals surface area (Å²) in [7, 11) is 0. The first kappa shape index (κ1) is 23.9. The van der Waals surface area contributed by atoms with Crippen LogP contribution < -0.4 is 20.9 Å². The van der Waals surface area contributed by atoms with E-state index in [-0.39, 0.29) is 5.91 Å². The van der Waals surface area contributed by atoms with Gasteiger partial charge < -0.3 is 10.1 Å². The number of carbonyl (C=O) groups excluding carboxylic acids is 3. The molecule has 0 unspecified atom stereocenters. The van der Waals surface area contributed by atoms with Crippen molar-refractivity contribution in [3.8, 4) is 5.75 Å². The van der Waals surface area contributed by atoms with E-state index in [0.717, 1.165) is 12.8 Å². The molecule has 0 aliphatic carbocycles. The summed E-state index contributed by atoms with van der Waals surface area (Å²) >= 11 is 0. The number of benzene rings is 2. The summed E-state index contributed by atoms with van der Waals surface area (Å²) < 4.78 is 5.63. The number of nitrogens with one attached hydrogen (secondary N) is 3. The van der Waals surface area contributed by atoms with E-state index in [4.69, 9.17) is 4.74 Å². The van der Waals surface area contributed by atoms with Gasteiger partial charge in [-0.2, -0.15) is 0 Å². The van der Waals surface area contributed by atoms with Crippen molar-refractivity contribution < 1.29 is 19.1 Å². The van der Waals surface area contributed by atoms with Crippen molar-refractivity contribution in [2.24, 2.45) is 0 Å². The number of anilines is 1. The fraction of sp³-hybridized carbons (Fsp3) is 0.375. The van der Waals surface area contributed by atoms with Crippen molar-refractivity contribution in [3.63, 3.8) is 0 Å². The molecule has 0 saturated carbocycles. The molecular weight excluding hydrogens is 394 g/mol. The fourth-order valence-electron chi connectivity index (χ4n) is 2.75. The van der Waals surface area contributed by atoms with Crippen molar-refractivity contribution in [1.29, 1.82) is 0 Å². The Balaban J connectivity index is 1.81. The Kier molecular flexibility index (Phi) is 9.06. The summed E-state index contributed by atoms with van der Waals surface area (Å²) in [4.78, 5) is 36.2. The Bertz CT molecular complexity index is 877. The zero-order valence-corrected chi connectivity index (χ0v) is 18.5. The minimum atomic E-state index is -0.786. The lowest BCUT2D eigenvalue weighted by Crippen LogP contribution is -2.47. The van der Waals surface area contributed by atoms with Crippen molar-refractivity contribution in [3.05, 3.63) is 59.7 Å². The average Bonchev–Trinajstić information content (AvgIpc) is 2.76. The van der Waals surface area contributed by atoms with E-state index in [1.165, 1.54) is 5.56 Å². The number of rotatable bonds is 9. The van der Waals surface area contributed by atoms with E-state index in [2.05, 4.69) is 30.0 Å². The highest BCUT2D eigenvalue weighted by Gasteiger charge is 2.16. The van der Waals surface area contributed by atoms with Gasteiger partial charge in [0.2, 0.25) is 5.91 Å². The normalized spacial score (nSPS) is 11.5. The van der Waals surface area contributed by atoms with Crippen LogP contribution in [0.5, 0.6) is 5.75 Å². The predicted octanol–water partition coefficient (Wildman–Crippen LogP) is 4.17. The average molecular weight is 426 g/mol. The molecule has 1 atom stereocenters. The molecule has 166 valence electrons. The molecule has 0 aromatic heterocycles. The second-order valence-corrected chi connectivity index (χ2v) is 7.66. The molecule has 0 aliphatic rings. The highest BCUT2D eigenvalue weighted by Crippen LogP contribution is 2.19. The maximum Gasteiger partial charge on any atom is 0.279 e. The highest BCUT2D eigenvalue weighted by molar-refractivity contribution is 5.97. The van der Waals surface area contributed by atoms with Gasteiger partial charge in [-0.25, -0.2) is 0 Å². The molecule has 3 N–H and O–H groups in total. The van der Waals surface area contributed by atoms with Crippen molar-refractivity contribution >= 4 is 23.4 Å². The van der Waals surface area contributed by atoms with Crippen LogP contribution in [0, 0.1) is 0 Å². The van der Waals surface area contributed by atoms with Crippen LogP contribution in [0.3, 0.4) is 0 Å². The number of carbonyl (C=O) groups is 3. The zero-order valence-electron chi connectivity index (χ0n) is 18.5. The number of ether oxygens (including phenoxy) is 1. The quantitative estimate of drug-likeness (QED) is 0.526. The molecule has 0 bridgehead atoms. The van der Waals surface area contributed by atoms with E-state index in [9.17, 15) is 14.4 Å². The number of hydrogen-bond donors (Lipinski definition) is 3. The number of hydrazine groups is 1. The van der Waals surface area contributed by atoms with Gasteiger partial charge in [0, 0.05) is 17.7 Å². The van der Waals surface area contributed by atoms with Crippen molar-refractivity contribution in [2.75, 3.05) is 5.32 Å². The molecule has 0 spiro atoms. The van der Waals surface area contributed by atoms with Gasteiger partial charge in [-0.05, 0) is 61.2 Å². The molecule has 2 aromatic rings. The van der Waals surface area contributed by atoms with Crippen molar-refractivity contribution in [1.82, 2.24) is 10.9 Å². The van der Waals surface area contributed by atoms with E-state index >= 15 is 0 Å². The molecule has 31 heavy (non-hydrogen) atoms. The highest BCUT2D eigenvalue weighted by atomic mass is 16.5. The molecule has 0 fully saturated rings. The second kappa shape index (κ2) is 11.7. The third-order valence-corrected chi connectivity index (χ3v) is 4.72. The Morgan fingerprint density at radius 2 is 1.55 bits per heavy atom. The first-order valence-corrected chi connectivity index (χ1v) is 10.6. The number of unbranched alkanes of at least 4 members (excludes halogenated alkanes) is 1. The molecule has 2 aromatic carbocycles.